The van der Waals surface area contributed by atoms with Crippen LogP contribution in [0.1, 0.15) is 42.3 Å². The van der Waals surface area contributed by atoms with Crippen LogP contribution in [0.15, 0.2) is 91.1 Å². The highest BCUT2D eigenvalue weighted by Crippen LogP contribution is 2.24. The highest BCUT2D eigenvalue weighted by molar-refractivity contribution is 6.06. The van der Waals surface area contributed by atoms with Gasteiger partial charge in [0.25, 0.3) is 5.91 Å². The lowest BCUT2D eigenvalue weighted by molar-refractivity contribution is 0.0635. The van der Waals surface area contributed by atoms with Gasteiger partial charge in [0.1, 0.15) is 17.9 Å². The summed E-state index contributed by atoms with van der Waals surface area (Å²) in [5.74, 6) is -0.265. The summed E-state index contributed by atoms with van der Waals surface area (Å²) in [6.45, 7) is 5.69. The largest absolute Gasteiger partial charge is 0.445 e. The summed E-state index contributed by atoms with van der Waals surface area (Å²) in [6.07, 6.45) is 0.389. The van der Waals surface area contributed by atoms with Crippen molar-refractivity contribution in [2.24, 2.45) is 0 Å². The van der Waals surface area contributed by atoms with Crippen LogP contribution in [0, 0.1) is 0 Å². The van der Waals surface area contributed by atoms with Gasteiger partial charge in [0.15, 0.2) is 5.82 Å². The predicted octanol–water partition coefficient (Wildman–Crippen LogP) is 5.90. The first-order valence-corrected chi connectivity index (χ1v) is 12.7. The molecule has 0 bridgehead atoms. The average molecular weight is 542 g/mol. The molecule has 206 valence electrons. The molecule has 0 saturated heterocycles. The number of nitrogens with one attached hydrogen (secondary N) is 3. The van der Waals surface area contributed by atoms with E-state index in [1.807, 2.05) is 60.7 Å². The Morgan fingerprint density at radius 1 is 0.800 bits per heavy atom. The third-order valence-corrected chi connectivity index (χ3v) is 5.47. The van der Waals surface area contributed by atoms with Crippen LogP contribution in [-0.4, -0.2) is 33.5 Å². The molecule has 1 aromatic heterocycles. The van der Waals surface area contributed by atoms with Gasteiger partial charge in [-0.05, 0) is 56.2 Å². The molecule has 0 aliphatic heterocycles. The number of carbonyl (C=O) groups excluding carboxylic acids is 3. The average Bonchev–Trinajstić information content (AvgIpc) is 3.32. The van der Waals surface area contributed by atoms with Crippen LogP contribution < -0.4 is 16.0 Å². The van der Waals surface area contributed by atoms with Crippen LogP contribution in [0.25, 0.3) is 5.69 Å². The Kier molecular flexibility index (Phi) is 8.80. The van der Waals surface area contributed by atoms with Gasteiger partial charge in [0.2, 0.25) is 0 Å². The molecule has 3 amide bonds. The van der Waals surface area contributed by atoms with Crippen LogP contribution in [0.3, 0.4) is 0 Å². The van der Waals surface area contributed by atoms with Crippen molar-refractivity contribution in [3.63, 3.8) is 0 Å². The maximum atomic E-state index is 13.0. The molecule has 1 heterocycles. The SMILES string of the molecule is CC(C)(C)OC(=O)Nc1cn(-c2ccccc2)nc1NC(=O)c1ccc(CNC(=O)OCc2ccccc2)cc1. The first kappa shape index (κ1) is 27.9. The molecule has 3 N–H and O–H groups in total. The molecular formula is C30H31N5O5. The smallest absolute Gasteiger partial charge is 0.412 e. The van der Waals surface area contributed by atoms with E-state index in [-0.39, 0.29) is 24.7 Å². The number of alkyl carbamates (subject to hydrolysis) is 1. The second-order valence-electron chi connectivity index (χ2n) is 9.86. The Morgan fingerprint density at radius 3 is 2.10 bits per heavy atom. The van der Waals surface area contributed by atoms with E-state index in [2.05, 4.69) is 21.0 Å². The van der Waals surface area contributed by atoms with E-state index in [1.54, 1.807) is 55.9 Å². The Labute approximate surface area is 232 Å². The van der Waals surface area contributed by atoms with Crippen molar-refractivity contribution in [1.82, 2.24) is 15.1 Å². The van der Waals surface area contributed by atoms with Crippen LogP contribution in [0.4, 0.5) is 21.1 Å². The highest BCUT2D eigenvalue weighted by atomic mass is 16.6. The lowest BCUT2D eigenvalue weighted by atomic mass is 10.1. The normalized spacial score (nSPS) is 10.9. The summed E-state index contributed by atoms with van der Waals surface area (Å²) in [4.78, 5) is 37.5. The maximum Gasteiger partial charge on any atom is 0.412 e. The zero-order chi connectivity index (χ0) is 28.5. The lowest BCUT2D eigenvalue weighted by Crippen LogP contribution is -2.27. The number of nitrogens with zero attached hydrogens (tertiary/aromatic N) is 2. The van der Waals surface area contributed by atoms with Crippen LogP contribution in [0.5, 0.6) is 0 Å². The Bertz CT molecular complexity index is 1450. The quantitative estimate of drug-likeness (QED) is 0.255. The molecule has 0 saturated carbocycles. The molecular weight excluding hydrogens is 510 g/mol. The van der Waals surface area contributed by atoms with E-state index in [0.29, 0.717) is 5.56 Å². The lowest BCUT2D eigenvalue weighted by Gasteiger charge is -2.19. The summed E-state index contributed by atoms with van der Waals surface area (Å²) in [7, 11) is 0. The van der Waals surface area contributed by atoms with Crippen molar-refractivity contribution >= 4 is 29.6 Å². The van der Waals surface area contributed by atoms with Crippen molar-refractivity contribution in [2.75, 3.05) is 10.6 Å². The summed E-state index contributed by atoms with van der Waals surface area (Å²) >= 11 is 0. The number of carbonyl (C=O) groups is 3. The van der Waals surface area contributed by atoms with Crippen LogP contribution in [0.2, 0.25) is 0 Å². The molecule has 10 heteroatoms. The molecule has 0 aliphatic carbocycles. The molecule has 0 unspecified atom stereocenters. The van der Waals surface area contributed by atoms with E-state index >= 15 is 0 Å². The molecule has 0 spiro atoms. The summed E-state index contributed by atoms with van der Waals surface area (Å²) in [5, 5.41) is 12.6. The number of hydrogen-bond donors (Lipinski definition) is 3. The van der Waals surface area contributed by atoms with Gasteiger partial charge in [-0.3, -0.25) is 10.1 Å². The number of ether oxygens (including phenoxy) is 2. The summed E-state index contributed by atoms with van der Waals surface area (Å²) < 4.78 is 12.1. The van der Waals surface area contributed by atoms with Crippen molar-refractivity contribution in [2.45, 2.75) is 39.5 Å². The molecule has 0 aliphatic rings. The molecule has 0 radical (unpaired) electrons. The van der Waals surface area contributed by atoms with Crippen molar-refractivity contribution in [1.29, 1.82) is 0 Å². The van der Waals surface area contributed by atoms with Gasteiger partial charge in [0.05, 0.1) is 11.9 Å². The molecule has 0 fully saturated rings. The van der Waals surface area contributed by atoms with Crippen molar-refractivity contribution < 1.29 is 23.9 Å². The van der Waals surface area contributed by atoms with E-state index in [9.17, 15) is 14.4 Å². The summed E-state index contributed by atoms with van der Waals surface area (Å²) in [6, 6.07) is 25.4. The van der Waals surface area contributed by atoms with Gasteiger partial charge < -0.3 is 20.1 Å². The van der Waals surface area contributed by atoms with E-state index in [1.165, 1.54) is 0 Å². The molecule has 10 nitrogen and oxygen atoms in total. The predicted molar refractivity (Wildman–Crippen MR) is 151 cm³/mol. The monoisotopic (exact) mass is 541 g/mol. The first-order chi connectivity index (χ1) is 19.2. The second kappa shape index (κ2) is 12.6. The number of amides is 3. The number of hydrogen-bond acceptors (Lipinski definition) is 6. The van der Waals surface area contributed by atoms with E-state index in [4.69, 9.17) is 9.47 Å². The van der Waals surface area contributed by atoms with Crippen LogP contribution in [-0.2, 0) is 22.6 Å². The summed E-state index contributed by atoms with van der Waals surface area (Å²) in [5.41, 5.74) is 2.38. The number of para-hydroxylation sites is 1. The molecule has 3 aromatic carbocycles. The minimum Gasteiger partial charge on any atom is -0.445 e. The first-order valence-electron chi connectivity index (χ1n) is 12.7. The second-order valence-corrected chi connectivity index (χ2v) is 9.86. The number of benzene rings is 3. The maximum absolute atomic E-state index is 13.0. The third kappa shape index (κ3) is 8.19. The number of aromatic nitrogens is 2. The number of anilines is 2. The van der Waals surface area contributed by atoms with Gasteiger partial charge in [0, 0.05) is 12.1 Å². The topological polar surface area (TPSA) is 124 Å². The minimum atomic E-state index is -0.696. The van der Waals surface area contributed by atoms with Gasteiger partial charge in [-0.2, -0.15) is 0 Å². The van der Waals surface area contributed by atoms with Gasteiger partial charge >= 0.3 is 12.2 Å². The molecule has 4 rings (SSSR count). The van der Waals surface area contributed by atoms with E-state index < -0.39 is 23.7 Å². The zero-order valence-corrected chi connectivity index (χ0v) is 22.5. The van der Waals surface area contributed by atoms with Gasteiger partial charge in [-0.1, -0.05) is 60.7 Å². The Hall–Kier alpha value is -5.12. The molecule has 4 aromatic rings. The fourth-order valence-corrected chi connectivity index (χ4v) is 3.59. The molecule has 40 heavy (non-hydrogen) atoms. The Balaban J connectivity index is 1.39. The third-order valence-electron chi connectivity index (χ3n) is 5.47. The fraction of sp³-hybridized carbons (Fsp3) is 0.200. The minimum absolute atomic E-state index is 0.159. The van der Waals surface area contributed by atoms with Crippen molar-refractivity contribution in [3.05, 3.63) is 108 Å². The van der Waals surface area contributed by atoms with Crippen LogP contribution >= 0.6 is 0 Å². The van der Waals surface area contributed by atoms with E-state index in [0.717, 1.165) is 16.8 Å². The Morgan fingerprint density at radius 2 is 1.45 bits per heavy atom. The standard InChI is InChI=1S/C30H31N5O5/c1-30(2,3)40-29(38)32-25-19-35(24-12-8-5-9-13-24)34-26(25)33-27(36)23-16-14-21(15-17-23)18-31-28(37)39-20-22-10-6-4-7-11-22/h4-17,19H,18,20H2,1-3H3,(H,31,37)(H,32,38)(H,33,34,36). The zero-order valence-electron chi connectivity index (χ0n) is 22.5. The highest BCUT2D eigenvalue weighted by Gasteiger charge is 2.20. The van der Waals surface area contributed by atoms with Crippen molar-refractivity contribution in [3.8, 4) is 5.69 Å². The fourth-order valence-electron chi connectivity index (χ4n) is 3.59. The molecule has 0 atom stereocenters. The van der Waals surface area contributed by atoms with Gasteiger partial charge in [-0.25, -0.2) is 14.3 Å². The van der Waals surface area contributed by atoms with Gasteiger partial charge in [-0.15, -0.1) is 5.10 Å². The number of rotatable bonds is 8.